The molecule has 3 N–H and O–H groups in total. The second-order valence-electron chi connectivity index (χ2n) is 6.30. The average molecular weight is 296 g/mol. The minimum atomic E-state index is -0.940. The minimum absolute atomic E-state index is 0.120. The van der Waals surface area contributed by atoms with Crippen LogP contribution in [0.1, 0.15) is 51.7 Å². The van der Waals surface area contributed by atoms with Crippen molar-refractivity contribution in [2.75, 3.05) is 0 Å². The monoisotopic (exact) mass is 296 g/mol. The number of carbonyl (C=O) groups excluding carboxylic acids is 1. The van der Waals surface area contributed by atoms with Crippen LogP contribution in [0.5, 0.6) is 0 Å². The maximum atomic E-state index is 12.0. The molecule has 0 aliphatic heterocycles. The van der Waals surface area contributed by atoms with Crippen molar-refractivity contribution >= 4 is 12.0 Å². The lowest BCUT2D eigenvalue weighted by molar-refractivity contribution is -0.138. The molecule has 6 heteroatoms. The van der Waals surface area contributed by atoms with E-state index in [1.807, 2.05) is 33.8 Å². The Morgan fingerprint density at radius 3 is 2.33 bits per heavy atom. The number of rotatable bonds is 5. The number of carboxylic acids is 1. The number of nitrogens with one attached hydrogen (secondary N) is 2. The molecule has 0 aliphatic carbocycles. The first kappa shape index (κ1) is 17.1. The van der Waals surface area contributed by atoms with Crippen molar-refractivity contribution in [2.45, 2.75) is 53.1 Å². The molecule has 0 saturated carbocycles. The van der Waals surface area contributed by atoms with E-state index in [1.165, 1.54) is 0 Å². The highest BCUT2D eigenvalue weighted by Gasteiger charge is 2.29. The van der Waals surface area contributed by atoms with Crippen molar-refractivity contribution in [3.05, 3.63) is 23.7 Å². The molecule has 6 nitrogen and oxygen atoms in total. The van der Waals surface area contributed by atoms with Gasteiger partial charge in [0.2, 0.25) is 0 Å². The van der Waals surface area contributed by atoms with E-state index in [-0.39, 0.29) is 17.9 Å². The molecule has 0 radical (unpaired) electrons. The van der Waals surface area contributed by atoms with Gasteiger partial charge in [-0.25, -0.2) is 4.79 Å². The van der Waals surface area contributed by atoms with E-state index in [2.05, 4.69) is 10.6 Å². The standard InChI is InChI=1S/C15H24N2O4/c1-9-6-7-11(21-9)10(2)16-14(20)17-12(8-13(18)19)15(3,4)5/h6-7,10,12H,8H2,1-5H3,(H,18,19)(H2,16,17,20). The molecule has 0 bridgehead atoms. The van der Waals surface area contributed by atoms with Crippen LogP contribution in [0.2, 0.25) is 0 Å². The zero-order valence-electron chi connectivity index (χ0n) is 13.2. The summed E-state index contributed by atoms with van der Waals surface area (Å²) in [6, 6.07) is 2.48. The minimum Gasteiger partial charge on any atom is -0.481 e. The number of carboxylic acid groups (broad SMARTS) is 1. The highest BCUT2D eigenvalue weighted by Crippen LogP contribution is 2.22. The van der Waals surface area contributed by atoms with E-state index in [0.717, 1.165) is 5.76 Å². The Morgan fingerprint density at radius 2 is 1.90 bits per heavy atom. The Hall–Kier alpha value is -1.98. The predicted octanol–water partition coefficient (Wildman–Crippen LogP) is 2.84. The van der Waals surface area contributed by atoms with Crippen LogP contribution in [0.25, 0.3) is 0 Å². The molecule has 1 rings (SSSR count). The van der Waals surface area contributed by atoms with Crippen LogP contribution >= 0.6 is 0 Å². The Kier molecular flexibility index (Phi) is 5.41. The maximum Gasteiger partial charge on any atom is 0.315 e. The van der Waals surface area contributed by atoms with E-state index < -0.39 is 18.0 Å². The summed E-state index contributed by atoms with van der Waals surface area (Å²) in [5.41, 5.74) is -0.347. The summed E-state index contributed by atoms with van der Waals surface area (Å²) in [4.78, 5) is 22.9. The molecule has 2 unspecified atom stereocenters. The van der Waals surface area contributed by atoms with E-state index in [9.17, 15) is 9.59 Å². The van der Waals surface area contributed by atoms with Crippen LogP contribution < -0.4 is 10.6 Å². The lowest BCUT2D eigenvalue weighted by Gasteiger charge is -2.30. The van der Waals surface area contributed by atoms with Crippen molar-refractivity contribution in [3.8, 4) is 0 Å². The zero-order valence-corrected chi connectivity index (χ0v) is 13.2. The van der Waals surface area contributed by atoms with Crippen molar-refractivity contribution in [3.63, 3.8) is 0 Å². The number of furan rings is 1. The van der Waals surface area contributed by atoms with Crippen molar-refractivity contribution in [1.82, 2.24) is 10.6 Å². The fraction of sp³-hybridized carbons (Fsp3) is 0.600. The summed E-state index contributed by atoms with van der Waals surface area (Å²) in [6.45, 7) is 9.31. The molecule has 0 saturated heterocycles. The van der Waals surface area contributed by atoms with Gasteiger partial charge in [0.15, 0.2) is 0 Å². The van der Waals surface area contributed by atoms with Crippen LogP contribution in [0.4, 0.5) is 4.79 Å². The summed E-state index contributed by atoms with van der Waals surface area (Å²) in [6.07, 6.45) is -0.120. The molecule has 118 valence electrons. The Bertz CT molecular complexity index is 502. The average Bonchev–Trinajstić information content (AvgIpc) is 2.73. The SMILES string of the molecule is Cc1ccc(C(C)NC(=O)NC(CC(=O)O)C(C)(C)C)o1. The van der Waals surface area contributed by atoms with Gasteiger partial charge in [0.1, 0.15) is 11.5 Å². The predicted molar refractivity (Wildman–Crippen MR) is 79.0 cm³/mol. The summed E-state index contributed by atoms with van der Waals surface area (Å²) in [5, 5.41) is 14.4. The molecule has 0 fully saturated rings. The summed E-state index contributed by atoms with van der Waals surface area (Å²) < 4.78 is 5.45. The van der Waals surface area contributed by atoms with Crippen molar-refractivity contribution in [2.24, 2.45) is 5.41 Å². The van der Waals surface area contributed by atoms with Crippen LogP contribution in [-0.2, 0) is 4.79 Å². The largest absolute Gasteiger partial charge is 0.481 e. The third-order valence-corrected chi connectivity index (χ3v) is 3.26. The van der Waals surface area contributed by atoms with Crippen LogP contribution in [0, 0.1) is 12.3 Å². The first-order chi connectivity index (χ1) is 9.59. The van der Waals surface area contributed by atoms with Gasteiger partial charge in [0.05, 0.1) is 12.5 Å². The molecule has 0 spiro atoms. The fourth-order valence-electron chi connectivity index (χ4n) is 1.90. The molecule has 1 aromatic heterocycles. The highest BCUT2D eigenvalue weighted by atomic mass is 16.4. The van der Waals surface area contributed by atoms with Gasteiger partial charge in [-0.1, -0.05) is 20.8 Å². The van der Waals surface area contributed by atoms with Gasteiger partial charge in [-0.3, -0.25) is 4.79 Å². The van der Waals surface area contributed by atoms with Crippen LogP contribution in [0.3, 0.4) is 0 Å². The molecule has 1 heterocycles. The molecule has 0 aliphatic rings. The van der Waals surface area contributed by atoms with E-state index in [1.54, 1.807) is 13.0 Å². The van der Waals surface area contributed by atoms with E-state index in [0.29, 0.717) is 5.76 Å². The normalized spacial score (nSPS) is 14.3. The number of aryl methyl sites for hydroxylation is 1. The fourth-order valence-corrected chi connectivity index (χ4v) is 1.90. The lowest BCUT2D eigenvalue weighted by atomic mass is 9.85. The van der Waals surface area contributed by atoms with Gasteiger partial charge < -0.3 is 20.2 Å². The Balaban J connectivity index is 2.63. The number of urea groups is 1. The van der Waals surface area contributed by atoms with Crippen LogP contribution in [0.15, 0.2) is 16.5 Å². The van der Waals surface area contributed by atoms with Crippen molar-refractivity contribution < 1.29 is 19.1 Å². The molecule has 2 atom stereocenters. The van der Waals surface area contributed by atoms with Gasteiger partial charge in [-0.2, -0.15) is 0 Å². The van der Waals surface area contributed by atoms with Gasteiger partial charge in [0.25, 0.3) is 0 Å². The second-order valence-corrected chi connectivity index (χ2v) is 6.30. The van der Waals surface area contributed by atoms with Crippen LogP contribution in [-0.4, -0.2) is 23.1 Å². The number of carbonyl (C=O) groups is 2. The topological polar surface area (TPSA) is 91.6 Å². The van der Waals surface area contributed by atoms with E-state index in [4.69, 9.17) is 9.52 Å². The Morgan fingerprint density at radius 1 is 1.29 bits per heavy atom. The zero-order chi connectivity index (χ0) is 16.2. The quantitative estimate of drug-likeness (QED) is 0.779. The molecular formula is C15H24N2O4. The summed E-state index contributed by atoms with van der Waals surface area (Å²) in [7, 11) is 0. The lowest BCUT2D eigenvalue weighted by Crippen LogP contribution is -2.49. The van der Waals surface area contributed by atoms with Gasteiger partial charge in [0, 0.05) is 6.04 Å². The first-order valence-corrected chi connectivity index (χ1v) is 6.94. The second kappa shape index (κ2) is 6.65. The third-order valence-electron chi connectivity index (χ3n) is 3.26. The smallest absolute Gasteiger partial charge is 0.315 e. The molecular weight excluding hydrogens is 272 g/mol. The highest BCUT2D eigenvalue weighted by molar-refractivity contribution is 5.76. The van der Waals surface area contributed by atoms with Gasteiger partial charge in [-0.15, -0.1) is 0 Å². The maximum absolute atomic E-state index is 12.0. The Labute approximate surface area is 124 Å². The summed E-state index contributed by atoms with van der Waals surface area (Å²) >= 11 is 0. The molecule has 0 aromatic carbocycles. The van der Waals surface area contributed by atoms with Crippen molar-refractivity contribution in [1.29, 1.82) is 0 Å². The first-order valence-electron chi connectivity index (χ1n) is 6.94. The molecule has 21 heavy (non-hydrogen) atoms. The molecule has 1 aromatic rings. The number of hydrogen-bond donors (Lipinski definition) is 3. The molecule has 2 amide bonds. The number of amides is 2. The van der Waals surface area contributed by atoms with Gasteiger partial charge in [-0.05, 0) is 31.4 Å². The number of aliphatic carboxylic acids is 1. The van der Waals surface area contributed by atoms with E-state index >= 15 is 0 Å². The van der Waals surface area contributed by atoms with Gasteiger partial charge >= 0.3 is 12.0 Å². The number of hydrogen-bond acceptors (Lipinski definition) is 3. The summed E-state index contributed by atoms with van der Waals surface area (Å²) in [5.74, 6) is 0.496. The third kappa shape index (κ3) is 5.49.